The molecule has 0 spiro atoms. The van der Waals surface area contributed by atoms with Crippen molar-refractivity contribution in [1.29, 1.82) is 0 Å². The molecule has 1 N–H and O–H groups in total. The highest BCUT2D eigenvalue weighted by atomic mass is 32.1. The van der Waals surface area contributed by atoms with E-state index in [4.69, 9.17) is 14.2 Å². The van der Waals surface area contributed by atoms with Crippen LogP contribution in [0.25, 0.3) is 11.3 Å². The molecule has 1 aliphatic heterocycles. The van der Waals surface area contributed by atoms with E-state index in [0.717, 1.165) is 54.8 Å². The number of benzene rings is 2. The SMILES string of the molecule is COc1ccc(C=NNc2nc(-c3ccccc3)cs2)cc1OCCN1CCOCC1. The maximum absolute atomic E-state index is 5.99. The Morgan fingerprint density at radius 2 is 2.00 bits per heavy atom. The molecular weight excluding hydrogens is 412 g/mol. The lowest BCUT2D eigenvalue weighted by molar-refractivity contribution is 0.0321. The second-order valence-corrected chi connectivity index (χ2v) is 7.84. The number of thiazole rings is 1. The van der Waals surface area contributed by atoms with Gasteiger partial charge < -0.3 is 14.2 Å². The third kappa shape index (κ3) is 6.04. The van der Waals surface area contributed by atoms with Crippen LogP contribution in [0.5, 0.6) is 11.5 Å². The number of ether oxygens (including phenoxy) is 3. The Kier molecular flexibility index (Phi) is 7.49. The third-order valence-corrected chi connectivity index (χ3v) is 5.65. The van der Waals surface area contributed by atoms with E-state index in [0.29, 0.717) is 18.1 Å². The van der Waals surface area contributed by atoms with E-state index in [-0.39, 0.29) is 0 Å². The first kappa shape index (κ1) is 21.3. The monoisotopic (exact) mass is 438 g/mol. The molecular formula is C23H26N4O3S. The Morgan fingerprint density at radius 3 is 2.81 bits per heavy atom. The molecule has 0 bridgehead atoms. The number of hydrogen-bond acceptors (Lipinski definition) is 8. The maximum Gasteiger partial charge on any atom is 0.203 e. The van der Waals surface area contributed by atoms with Gasteiger partial charge in [-0.15, -0.1) is 11.3 Å². The number of hydrogen-bond donors (Lipinski definition) is 1. The van der Waals surface area contributed by atoms with Crippen molar-refractivity contribution >= 4 is 22.7 Å². The zero-order valence-corrected chi connectivity index (χ0v) is 18.3. The first-order valence-corrected chi connectivity index (χ1v) is 11.1. The molecule has 2 aromatic carbocycles. The van der Waals surface area contributed by atoms with E-state index < -0.39 is 0 Å². The summed E-state index contributed by atoms with van der Waals surface area (Å²) in [5, 5.41) is 7.08. The average molecular weight is 439 g/mol. The van der Waals surface area contributed by atoms with E-state index in [1.165, 1.54) is 11.3 Å². The summed E-state index contributed by atoms with van der Waals surface area (Å²) in [6, 6.07) is 15.8. The van der Waals surface area contributed by atoms with Crippen molar-refractivity contribution in [2.45, 2.75) is 0 Å². The van der Waals surface area contributed by atoms with Gasteiger partial charge in [0.2, 0.25) is 5.13 Å². The summed E-state index contributed by atoms with van der Waals surface area (Å²) in [7, 11) is 1.65. The molecule has 7 nitrogen and oxygen atoms in total. The van der Waals surface area contributed by atoms with Crippen molar-refractivity contribution in [3.8, 4) is 22.8 Å². The molecule has 4 rings (SSSR count). The minimum atomic E-state index is 0.594. The highest BCUT2D eigenvalue weighted by molar-refractivity contribution is 7.14. The predicted octanol–water partition coefficient (Wildman–Crippen LogP) is 3.98. The maximum atomic E-state index is 5.99. The summed E-state index contributed by atoms with van der Waals surface area (Å²) in [5.41, 5.74) is 5.94. The van der Waals surface area contributed by atoms with Gasteiger partial charge in [0.05, 0.1) is 32.2 Å². The van der Waals surface area contributed by atoms with Crippen molar-refractivity contribution in [1.82, 2.24) is 9.88 Å². The first-order valence-electron chi connectivity index (χ1n) is 10.2. The van der Waals surface area contributed by atoms with Gasteiger partial charge in [-0.3, -0.25) is 10.3 Å². The number of morpholine rings is 1. The van der Waals surface area contributed by atoms with Gasteiger partial charge in [0, 0.05) is 30.6 Å². The lowest BCUT2D eigenvalue weighted by Crippen LogP contribution is -2.38. The predicted molar refractivity (Wildman–Crippen MR) is 125 cm³/mol. The van der Waals surface area contributed by atoms with Crippen LogP contribution in [0, 0.1) is 0 Å². The standard InChI is InChI=1S/C23H26N4O3S/c1-28-21-8-7-18(15-22(21)30-14-11-27-9-12-29-13-10-27)16-24-26-23-25-20(17-31-23)19-5-3-2-4-6-19/h2-8,15-17H,9-14H2,1H3,(H,25,26). The fraction of sp³-hybridized carbons (Fsp3) is 0.304. The number of rotatable bonds is 9. The largest absolute Gasteiger partial charge is 0.493 e. The van der Waals surface area contributed by atoms with Crippen LogP contribution in [0.1, 0.15) is 5.56 Å². The molecule has 0 unspecified atom stereocenters. The average Bonchev–Trinajstić information content (AvgIpc) is 3.30. The Morgan fingerprint density at radius 1 is 1.16 bits per heavy atom. The van der Waals surface area contributed by atoms with Crippen LogP contribution in [-0.2, 0) is 4.74 Å². The van der Waals surface area contributed by atoms with E-state index in [2.05, 4.69) is 20.4 Å². The number of methoxy groups -OCH3 is 1. The highest BCUT2D eigenvalue weighted by Gasteiger charge is 2.11. The summed E-state index contributed by atoms with van der Waals surface area (Å²) in [6.07, 6.45) is 1.75. The van der Waals surface area contributed by atoms with Crippen LogP contribution in [-0.4, -0.2) is 62.7 Å². The smallest absolute Gasteiger partial charge is 0.203 e. The molecule has 2 heterocycles. The zero-order chi connectivity index (χ0) is 21.3. The zero-order valence-electron chi connectivity index (χ0n) is 17.5. The summed E-state index contributed by atoms with van der Waals surface area (Å²) < 4.78 is 16.8. The first-order chi connectivity index (χ1) is 15.3. The second kappa shape index (κ2) is 10.9. The lowest BCUT2D eigenvalue weighted by Gasteiger charge is -2.26. The molecule has 1 saturated heterocycles. The Bertz CT molecular complexity index is 987. The molecule has 0 radical (unpaired) electrons. The normalized spacial score (nSPS) is 14.6. The van der Waals surface area contributed by atoms with Crippen LogP contribution in [0.3, 0.4) is 0 Å². The number of aromatic nitrogens is 1. The molecule has 162 valence electrons. The number of nitrogens with zero attached hydrogens (tertiary/aromatic N) is 3. The molecule has 0 atom stereocenters. The molecule has 0 amide bonds. The van der Waals surface area contributed by atoms with Crippen LogP contribution < -0.4 is 14.9 Å². The van der Waals surface area contributed by atoms with E-state index in [1.807, 2.05) is 53.9 Å². The van der Waals surface area contributed by atoms with Gasteiger partial charge in [-0.1, -0.05) is 30.3 Å². The summed E-state index contributed by atoms with van der Waals surface area (Å²) in [5.74, 6) is 1.42. The van der Waals surface area contributed by atoms with Crippen molar-refractivity contribution < 1.29 is 14.2 Å². The van der Waals surface area contributed by atoms with Crippen molar-refractivity contribution in [3.63, 3.8) is 0 Å². The van der Waals surface area contributed by atoms with E-state index in [1.54, 1.807) is 13.3 Å². The van der Waals surface area contributed by atoms with Gasteiger partial charge in [-0.25, -0.2) is 4.98 Å². The minimum Gasteiger partial charge on any atom is -0.493 e. The molecule has 3 aromatic rings. The van der Waals surface area contributed by atoms with Gasteiger partial charge in [-0.2, -0.15) is 5.10 Å². The lowest BCUT2D eigenvalue weighted by atomic mass is 10.2. The van der Waals surface area contributed by atoms with E-state index in [9.17, 15) is 0 Å². The van der Waals surface area contributed by atoms with Gasteiger partial charge in [-0.05, 0) is 23.8 Å². The van der Waals surface area contributed by atoms with E-state index >= 15 is 0 Å². The van der Waals surface area contributed by atoms with Crippen molar-refractivity contribution in [2.75, 3.05) is 52.0 Å². The molecule has 1 fully saturated rings. The third-order valence-electron chi connectivity index (χ3n) is 4.90. The molecule has 31 heavy (non-hydrogen) atoms. The van der Waals surface area contributed by atoms with Gasteiger partial charge in [0.15, 0.2) is 11.5 Å². The van der Waals surface area contributed by atoms with Gasteiger partial charge in [0.1, 0.15) is 6.61 Å². The summed E-state index contributed by atoms with van der Waals surface area (Å²) in [6.45, 7) is 4.92. The second-order valence-electron chi connectivity index (χ2n) is 6.99. The molecule has 8 heteroatoms. The van der Waals surface area contributed by atoms with Gasteiger partial charge in [0.25, 0.3) is 0 Å². The van der Waals surface area contributed by atoms with Crippen LogP contribution in [0.2, 0.25) is 0 Å². The molecule has 1 aliphatic rings. The highest BCUT2D eigenvalue weighted by Crippen LogP contribution is 2.28. The molecule has 0 aliphatic carbocycles. The summed E-state index contributed by atoms with van der Waals surface area (Å²) in [4.78, 5) is 6.91. The fourth-order valence-corrected chi connectivity index (χ4v) is 3.89. The Balaban J connectivity index is 1.34. The topological polar surface area (TPSA) is 68.2 Å². The van der Waals surface area contributed by atoms with Crippen LogP contribution in [0.4, 0.5) is 5.13 Å². The Labute approximate surface area is 186 Å². The Hall–Kier alpha value is -2.94. The fourth-order valence-electron chi connectivity index (χ4n) is 3.22. The number of hydrazone groups is 1. The molecule has 1 aromatic heterocycles. The van der Waals surface area contributed by atoms with Gasteiger partial charge >= 0.3 is 0 Å². The van der Waals surface area contributed by atoms with Crippen LogP contribution >= 0.6 is 11.3 Å². The number of anilines is 1. The van der Waals surface area contributed by atoms with Crippen molar-refractivity contribution in [2.24, 2.45) is 5.10 Å². The quantitative estimate of drug-likeness (QED) is 0.403. The van der Waals surface area contributed by atoms with Crippen LogP contribution in [0.15, 0.2) is 59.0 Å². The number of nitrogens with one attached hydrogen (secondary N) is 1. The molecule has 0 saturated carbocycles. The minimum absolute atomic E-state index is 0.594. The summed E-state index contributed by atoms with van der Waals surface area (Å²) >= 11 is 1.52. The van der Waals surface area contributed by atoms with Crippen molar-refractivity contribution in [3.05, 3.63) is 59.5 Å².